The molecule has 0 aromatic heterocycles. The van der Waals surface area contributed by atoms with Gasteiger partial charge < -0.3 is 0 Å². The number of halogens is 1. The number of hydrogen-bond acceptors (Lipinski definition) is 1. The summed E-state index contributed by atoms with van der Waals surface area (Å²) >= 11 is 6.03. The van der Waals surface area contributed by atoms with Crippen LogP contribution in [0.25, 0.3) is 0 Å². The van der Waals surface area contributed by atoms with Crippen molar-refractivity contribution >= 4 is 23.5 Å². The summed E-state index contributed by atoms with van der Waals surface area (Å²) in [7, 11) is 0. The molecule has 0 amide bonds. The molecule has 0 radical (unpaired) electrons. The highest BCUT2D eigenvalue weighted by molar-refractivity contribution is 6.33. The first-order valence-electron chi connectivity index (χ1n) is 5.11. The Morgan fingerprint density at radius 2 is 1.88 bits per heavy atom. The second kappa shape index (κ2) is 4.95. The van der Waals surface area contributed by atoms with Gasteiger partial charge in [-0.2, -0.15) is 0 Å². The van der Waals surface area contributed by atoms with Crippen molar-refractivity contribution in [2.75, 3.05) is 0 Å². The van der Waals surface area contributed by atoms with Gasteiger partial charge in [0.25, 0.3) is 0 Å². The van der Waals surface area contributed by atoms with Crippen molar-refractivity contribution in [3.05, 3.63) is 64.7 Å². The largest absolute Gasteiger partial charge is 0.256 e. The maximum absolute atomic E-state index is 6.03. The molecule has 0 atom stereocenters. The molecule has 2 heteroatoms. The van der Waals surface area contributed by atoms with Crippen LogP contribution in [0.1, 0.15) is 11.1 Å². The third-order valence-corrected chi connectivity index (χ3v) is 2.60. The average molecular weight is 230 g/mol. The summed E-state index contributed by atoms with van der Waals surface area (Å²) in [6, 6.07) is 15.7. The molecule has 2 rings (SSSR count). The van der Waals surface area contributed by atoms with Crippen molar-refractivity contribution < 1.29 is 0 Å². The Morgan fingerprint density at radius 3 is 2.62 bits per heavy atom. The smallest absolute Gasteiger partial charge is 0.0632 e. The van der Waals surface area contributed by atoms with Gasteiger partial charge in [0.05, 0.1) is 5.69 Å². The van der Waals surface area contributed by atoms with Gasteiger partial charge in [0.1, 0.15) is 0 Å². The average Bonchev–Trinajstić information content (AvgIpc) is 2.28. The van der Waals surface area contributed by atoms with Crippen molar-refractivity contribution in [1.29, 1.82) is 0 Å². The molecule has 16 heavy (non-hydrogen) atoms. The van der Waals surface area contributed by atoms with Gasteiger partial charge in [-0.15, -0.1) is 0 Å². The molecule has 0 aliphatic heterocycles. The minimum atomic E-state index is 0.721. The fourth-order valence-corrected chi connectivity index (χ4v) is 1.62. The molecule has 0 unspecified atom stereocenters. The van der Waals surface area contributed by atoms with Gasteiger partial charge in [-0.25, -0.2) is 0 Å². The highest BCUT2D eigenvalue weighted by Gasteiger charge is 1.94. The molecule has 0 fully saturated rings. The van der Waals surface area contributed by atoms with Gasteiger partial charge in [0.2, 0.25) is 0 Å². The van der Waals surface area contributed by atoms with Crippen molar-refractivity contribution in [1.82, 2.24) is 0 Å². The highest BCUT2D eigenvalue weighted by atomic mass is 35.5. The molecule has 80 valence electrons. The Morgan fingerprint density at radius 1 is 1.06 bits per heavy atom. The maximum Gasteiger partial charge on any atom is 0.0632 e. The van der Waals surface area contributed by atoms with E-state index < -0.39 is 0 Å². The summed E-state index contributed by atoms with van der Waals surface area (Å²) in [5, 5.41) is 0.721. The number of aryl methyl sites for hydroxylation is 1. The van der Waals surface area contributed by atoms with Crippen LogP contribution < -0.4 is 0 Å². The molecule has 0 saturated heterocycles. The molecular weight excluding hydrogens is 218 g/mol. The number of aliphatic imine (C=N–C) groups is 1. The maximum atomic E-state index is 6.03. The molecule has 2 aromatic rings. The van der Waals surface area contributed by atoms with Crippen molar-refractivity contribution in [2.45, 2.75) is 6.92 Å². The lowest BCUT2D eigenvalue weighted by Gasteiger charge is -1.97. The Labute approximate surface area is 100 Å². The number of nitrogens with zero attached hydrogens (tertiary/aromatic N) is 1. The van der Waals surface area contributed by atoms with Crippen LogP contribution in [0.15, 0.2) is 53.5 Å². The third kappa shape index (κ3) is 2.71. The van der Waals surface area contributed by atoms with Gasteiger partial charge in [0.15, 0.2) is 0 Å². The number of benzene rings is 2. The van der Waals surface area contributed by atoms with Crippen molar-refractivity contribution in [3.8, 4) is 0 Å². The van der Waals surface area contributed by atoms with Crippen molar-refractivity contribution in [3.63, 3.8) is 0 Å². The van der Waals surface area contributed by atoms with Crippen LogP contribution in [0.3, 0.4) is 0 Å². The van der Waals surface area contributed by atoms with Gasteiger partial charge >= 0.3 is 0 Å². The lowest BCUT2D eigenvalue weighted by atomic mass is 10.2. The zero-order chi connectivity index (χ0) is 11.4. The lowest BCUT2D eigenvalue weighted by molar-refractivity contribution is 1.43. The first-order chi connectivity index (χ1) is 7.75. The summed E-state index contributed by atoms with van der Waals surface area (Å²) in [6.45, 7) is 2.05. The Bertz CT molecular complexity index is 518. The van der Waals surface area contributed by atoms with E-state index in [0.29, 0.717) is 0 Å². The van der Waals surface area contributed by atoms with E-state index in [4.69, 9.17) is 11.6 Å². The minimum Gasteiger partial charge on any atom is -0.256 e. The number of rotatable bonds is 2. The van der Waals surface area contributed by atoms with Crippen LogP contribution in [0, 0.1) is 6.92 Å². The highest BCUT2D eigenvalue weighted by Crippen LogP contribution is 2.16. The van der Waals surface area contributed by atoms with Gasteiger partial charge in [-0.05, 0) is 30.7 Å². The van der Waals surface area contributed by atoms with E-state index >= 15 is 0 Å². The van der Waals surface area contributed by atoms with E-state index in [1.165, 1.54) is 5.56 Å². The second-order valence-corrected chi connectivity index (χ2v) is 4.03. The number of hydrogen-bond donors (Lipinski definition) is 0. The van der Waals surface area contributed by atoms with Crippen LogP contribution in [0.2, 0.25) is 5.02 Å². The molecule has 0 aliphatic carbocycles. The molecule has 0 bridgehead atoms. The second-order valence-electron chi connectivity index (χ2n) is 3.62. The molecule has 0 aliphatic rings. The molecule has 0 saturated carbocycles. The zero-order valence-electron chi connectivity index (χ0n) is 9.02. The Hall–Kier alpha value is -1.60. The monoisotopic (exact) mass is 229 g/mol. The van der Waals surface area contributed by atoms with E-state index in [1.54, 1.807) is 6.21 Å². The molecular formula is C14H12ClN. The zero-order valence-corrected chi connectivity index (χ0v) is 9.78. The van der Waals surface area contributed by atoms with Crippen molar-refractivity contribution in [2.24, 2.45) is 4.99 Å². The van der Waals surface area contributed by atoms with Gasteiger partial charge in [0, 0.05) is 16.8 Å². The van der Waals surface area contributed by atoms with E-state index in [-0.39, 0.29) is 0 Å². The van der Waals surface area contributed by atoms with E-state index in [0.717, 1.165) is 16.3 Å². The van der Waals surface area contributed by atoms with Gasteiger partial charge in [-0.1, -0.05) is 41.9 Å². The standard InChI is InChI=1S/C14H12ClN/c1-11-5-4-7-13(9-11)16-10-12-6-2-3-8-14(12)15/h2-10H,1H3. The first kappa shape index (κ1) is 10.9. The summed E-state index contributed by atoms with van der Waals surface area (Å²) in [6.07, 6.45) is 1.79. The normalized spacial score (nSPS) is 10.9. The molecule has 1 nitrogen and oxygen atoms in total. The minimum absolute atomic E-state index is 0.721. The fourth-order valence-electron chi connectivity index (χ4n) is 1.43. The van der Waals surface area contributed by atoms with Crippen LogP contribution in [0.5, 0.6) is 0 Å². The predicted octanol–water partition coefficient (Wildman–Crippen LogP) is 4.40. The summed E-state index contributed by atoms with van der Waals surface area (Å²) in [5.41, 5.74) is 3.08. The van der Waals surface area contributed by atoms with E-state index in [2.05, 4.69) is 18.0 Å². The molecule has 2 aromatic carbocycles. The molecule has 0 heterocycles. The summed E-state index contributed by atoms with van der Waals surface area (Å²) in [4.78, 5) is 4.39. The third-order valence-electron chi connectivity index (χ3n) is 2.26. The Balaban J connectivity index is 2.25. The Kier molecular flexibility index (Phi) is 3.37. The van der Waals surface area contributed by atoms with Gasteiger partial charge in [-0.3, -0.25) is 4.99 Å². The van der Waals surface area contributed by atoms with E-state index in [9.17, 15) is 0 Å². The SMILES string of the molecule is Cc1cccc(N=Cc2ccccc2Cl)c1. The van der Waals surface area contributed by atoms with Crippen LogP contribution >= 0.6 is 11.6 Å². The predicted molar refractivity (Wildman–Crippen MR) is 69.9 cm³/mol. The van der Waals surface area contributed by atoms with Crippen LogP contribution in [0.4, 0.5) is 5.69 Å². The lowest BCUT2D eigenvalue weighted by Crippen LogP contribution is -1.81. The van der Waals surface area contributed by atoms with Crippen LogP contribution in [-0.4, -0.2) is 6.21 Å². The first-order valence-corrected chi connectivity index (χ1v) is 5.49. The topological polar surface area (TPSA) is 12.4 Å². The summed E-state index contributed by atoms with van der Waals surface area (Å²) < 4.78 is 0. The van der Waals surface area contributed by atoms with Crippen LogP contribution in [-0.2, 0) is 0 Å². The molecule has 0 spiro atoms. The fraction of sp³-hybridized carbons (Fsp3) is 0.0714. The quantitative estimate of drug-likeness (QED) is 0.677. The van der Waals surface area contributed by atoms with E-state index in [1.807, 2.05) is 42.5 Å². The summed E-state index contributed by atoms with van der Waals surface area (Å²) in [5.74, 6) is 0. The molecule has 0 N–H and O–H groups in total.